The number of rotatable bonds is 6. The topological polar surface area (TPSA) is 106 Å². The number of methoxy groups -OCH3 is 2. The third kappa shape index (κ3) is 4.85. The monoisotopic (exact) mass is 437 g/mol. The number of carbonyl (C=O) groups excluding carboxylic acids is 1. The Morgan fingerprint density at radius 3 is 2.57 bits per heavy atom. The first-order chi connectivity index (χ1) is 14.3. The molecule has 0 bridgehead atoms. The molecule has 1 aliphatic heterocycles. The predicted molar refractivity (Wildman–Crippen MR) is 110 cm³/mol. The Bertz CT molecular complexity index is 991. The number of urea groups is 1. The van der Waals surface area contributed by atoms with Gasteiger partial charge < -0.3 is 24.3 Å². The summed E-state index contributed by atoms with van der Waals surface area (Å²) >= 11 is 0. The van der Waals surface area contributed by atoms with Crippen LogP contribution in [-0.4, -0.2) is 73.6 Å². The molecule has 2 aromatic rings. The molecule has 1 aromatic carbocycles. The number of carbonyl (C=O) groups is 1. The lowest BCUT2D eigenvalue weighted by Gasteiger charge is -2.22. The Morgan fingerprint density at radius 1 is 1.13 bits per heavy atom. The van der Waals surface area contributed by atoms with Gasteiger partial charge in [-0.2, -0.15) is 4.31 Å². The largest absolute Gasteiger partial charge is 0.493 e. The highest BCUT2D eigenvalue weighted by atomic mass is 32.2. The van der Waals surface area contributed by atoms with Crippen LogP contribution in [-0.2, 0) is 23.6 Å². The summed E-state index contributed by atoms with van der Waals surface area (Å²) < 4.78 is 39.0. The molecular weight excluding hydrogens is 410 g/mol. The molecule has 1 saturated heterocycles. The molecule has 0 saturated carbocycles. The van der Waals surface area contributed by atoms with Crippen LogP contribution in [0, 0.1) is 0 Å². The fourth-order valence-electron chi connectivity index (χ4n) is 3.27. The fourth-order valence-corrected chi connectivity index (χ4v) is 4.71. The van der Waals surface area contributed by atoms with Gasteiger partial charge in [-0.15, -0.1) is 0 Å². The van der Waals surface area contributed by atoms with Crippen molar-refractivity contribution in [2.24, 2.45) is 7.05 Å². The van der Waals surface area contributed by atoms with E-state index in [-0.39, 0.29) is 17.6 Å². The summed E-state index contributed by atoms with van der Waals surface area (Å²) in [6, 6.07) is 5.21. The number of aryl methyl sites for hydroxylation is 1. The third-order valence-electron chi connectivity index (χ3n) is 4.92. The number of benzene rings is 1. The standard InChI is InChI=1S/C19H27N5O5S/c1-22-13-18(21-14-22)30(26,27)24-8-4-7-23(9-10-24)19(25)20-12-15-5-6-16(28-2)17(11-15)29-3/h5-6,11,13-14H,4,7-10,12H2,1-3H3,(H,20,25). The summed E-state index contributed by atoms with van der Waals surface area (Å²) in [4.78, 5) is 18.2. The average Bonchev–Trinajstić information content (AvgIpc) is 3.03. The van der Waals surface area contributed by atoms with Gasteiger partial charge in [-0.1, -0.05) is 6.07 Å². The van der Waals surface area contributed by atoms with Crippen LogP contribution in [0.15, 0.2) is 35.7 Å². The lowest BCUT2D eigenvalue weighted by Crippen LogP contribution is -2.42. The first-order valence-electron chi connectivity index (χ1n) is 9.57. The van der Waals surface area contributed by atoms with E-state index in [0.29, 0.717) is 44.1 Å². The molecule has 0 radical (unpaired) electrons. The summed E-state index contributed by atoms with van der Waals surface area (Å²) in [6.07, 6.45) is 3.49. The van der Waals surface area contributed by atoms with E-state index in [1.165, 1.54) is 16.8 Å². The molecule has 1 N–H and O–H groups in total. The number of sulfonamides is 1. The molecule has 30 heavy (non-hydrogen) atoms. The molecule has 2 heterocycles. The number of aromatic nitrogens is 2. The molecule has 1 aliphatic rings. The zero-order valence-electron chi connectivity index (χ0n) is 17.4. The van der Waals surface area contributed by atoms with Crippen molar-refractivity contribution in [2.75, 3.05) is 40.4 Å². The van der Waals surface area contributed by atoms with Gasteiger partial charge in [0.1, 0.15) is 0 Å². The molecule has 1 aromatic heterocycles. The highest BCUT2D eigenvalue weighted by Crippen LogP contribution is 2.27. The van der Waals surface area contributed by atoms with E-state index in [9.17, 15) is 13.2 Å². The highest BCUT2D eigenvalue weighted by molar-refractivity contribution is 7.89. The van der Waals surface area contributed by atoms with Crippen molar-refractivity contribution < 1.29 is 22.7 Å². The zero-order chi connectivity index (χ0) is 21.7. The summed E-state index contributed by atoms with van der Waals surface area (Å²) in [7, 11) is 1.18. The quantitative estimate of drug-likeness (QED) is 0.724. The summed E-state index contributed by atoms with van der Waals surface area (Å²) in [5.41, 5.74) is 0.871. The third-order valence-corrected chi connectivity index (χ3v) is 6.70. The second kappa shape index (κ2) is 9.35. The van der Waals surface area contributed by atoms with Crippen molar-refractivity contribution >= 4 is 16.1 Å². The molecule has 164 valence electrons. The van der Waals surface area contributed by atoms with Crippen molar-refractivity contribution in [2.45, 2.75) is 18.0 Å². The molecule has 0 spiro atoms. The number of nitrogens with one attached hydrogen (secondary N) is 1. The second-order valence-corrected chi connectivity index (χ2v) is 8.85. The molecule has 2 amide bonds. The molecule has 10 nitrogen and oxygen atoms in total. The predicted octanol–water partition coefficient (Wildman–Crippen LogP) is 1.04. The lowest BCUT2D eigenvalue weighted by atomic mass is 10.2. The average molecular weight is 438 g/mol. The number of hydrogen-bond acceptors (Lipinski definition) is 6. The SMILES string of the molecule is COc1ccc(CNC(=O)N2CCCN(S(=O)(=O)c3cn(C)cn3)CC2)cc1OC. The van der Waals surface area contributed by atoms with Gasteiger partial charge in [-0.05, 0) is 24.1 Å². The Hall–Kier alpha value is -2.79. The summed E-state index contributed by atoms with van der Waals surface area (Å²) in [5, 5.41) is 2.91. The zero-order valence-corrected chi connectivity index (χ0v) is 18.2. The molecule has 0 aliphatic carbocycles. The van der Waals surface area contributed by atoms with Gasteiger partial charge in [0.15, 0.2) is 16.5 Å². The minimum absolute atomic E-state index is 0.0244. The first kappa shape index (κ1) is 21.9. The lowest BCUT2D eigenvalue weighted by molar-refractivity contribution is 0.200. The van der Waals surface area contributed by atoms with Gasteiger partial charge in [-0.3, -0.25) is 0 Å². The van der Waals surface area contributed by atoms with E-state index in [1.807, 2.05) is 12.1 Å². The molecule has 1 fully saturated rings. The van der Waals surface area contributed by atoms with Gasteiger partial charge in [0.2, 0.25) is 0 Å². The van der Waals surface area contributed by atoms with Crippen molar-refractivity contribution in [1.29, 1.82) is 0 Å². The molecular formula is C19H27N5O5S. The Balaban J connectivity index is 1.58. The van der Waals surface area contributed by atoms with Crippen molar-refractivity contribution in [3.8, 4) is 11.5 Å². The normalized spacial score (nSPS) is 15.5. The smallest absolute Gasteiger partial charge is 0.317 e. The van der Waals surface area contributed by atoms with Gasteiger partial charge in [0.05, 0.1) is 20.5 Å². The van der Waals surface area contributed by atoms with Crippen molar-refractivity contribution in [1.82, 2.24) is 24.1 Å². The summed E-state index contributed by atoms with van der Waals surface area (Å²) in [5.74, 6) is 1.21. The van der Waals surface area contributed by atoms with Gasteiger partial charge in [0.25, 0.3) is 10.0 Å². The van der Waals surface area contributed by atoms with Crippen LogP contribution in [0.25, 0.3) is 0 Å². The number of amides is 2. The minimum atomic E-state index is -3.67. The van der Waals surface area contributed by atoms with Crippen LogP contribution in [0.4, 0.5) is 4.79 Å². The van der Waals surface area contributed by atoms with Crippen LogP contribution in [0.2, 0.25) is 0 Å². The van der Waals surface area contributed by atoms with Crippen LogP contribution in [0.5, 0.6) is 11.5 Å². The van der Waals surface area contributed by atoms with Gasteiger partial charge in [-0.25, -0.2) is 18.2 Å². The Labute approximate surface area is 176 Å². The molecule has 0 atom stereocenters. The van der Waals surface area contributed by atoms with Crippen molar-refractivity contribution in [3.05, 3.63) is 36.3 Å². The number of nitrogens with zero attached hydrogens (tertiary/aromatic N) is 4. The highest BCUT2D eigenvalue weighted by Gasteiger charge is 2.29. The minimum Gasteiger partial charge on any atom is -0.493 e. The summed E-state index contributed by atoms with van der Waals surface area (Å²) in [6.45, 7) is 1.68. The molecule has 0 unspecified atom stereocenters. The van der Waals surface area contributed by atoms with Crippen LogP contribution < -0.4 is 14.8 Å². The first-order valence-corrected chi connectivity index (χ1v) is 11.0. The maximum absolute atomic E-state index is 12.8. The van der Waals surface area contributed by atoms with E-state index >= 15 is 0 Å². The van der Waals surface area contributed by atoms with Crippen LogP contribution >= 0.6 is 0 Å². The Kier molecular flexibility index (Phi) is 6.83. The van der Waals surface area contributed by atoms with Gasteiger partial charge in [0, 0.05) is 46.0 Å². The van der Waals surface area contributed by atoms with E-state index in [1.54, 1.807) is 36.8 Å². The second-order valence-electron chi connectivity index (χ2n) is 6.97. The molecule has 11 heteroatoms. The maximum Gasteiger partial charge on any atom is 0.317 e. The van der Waals surface area contributed by atoms with E-state index in [0.717, 1.165) is 5.56 Å². The Morgan fingerprint density at radius 2 is 1.90 bits per heavy atom. The van der Waals surface area contributed by atoms with E-state index in [2.05, 4.69) is 10.3 Å². The van der Waals surface area contributed by atoms with Gasteiger partial charge >= 0.3 is 6.03 Å². The fraction of sp³-hybridized carbons (Fsp3) is 0.474. The number of ether oxygens (including phenoxy) is 2. The van der Waals surface area contributed by atoms with E-state index in [4.69, 9.17) is 9.47 Å². The molecule has 3 rings (SSSR count). The number of hydrogen-bond donors (Lipinski definition) is 1. The van der Waals surface area contributed by atoms with E-state index < -0.39 is 10.0 Å². The van der Waals surface area contributed by atoms with Crippen LogP contribution in [0.1, 0.15) is 12.0 Å². The van der Waals surface area contributed by atoms with Crippen LogP contribution in [0.3, 0.4) is 0 Å². The maximum atomic E-state index is 12.8. The number of imidazole rings is 1. The van der Waals surface area contributed by atoms with Crippen molar-refractivity contribution in [3.63, 3.8) is 0 Å².